The molecule has 7 heteroatoms. The van der Waals surface area contributed by atoms with Crippen molar-refractivity contribution in [1.29, 1.82) is 0 Å². The predicted octanol–water partition coefficient (Wildman–Crippen LogP) is 5.88. The van der Waals surface area contributed by atoms with Gasteiger partial charge in [-0.1, -0.05) is 46.3 Å². The van der Waals surface area contributed by atoms with Gasteiger partial charge in [0.1, 0.15) is 5.82 Å². The van der Waals surface area contributed by atoms with Crippen molar-refractivity contribution in [3.8, 4) is 11.5 Å². The number of likely N-dealkylation sites (tertiary alicyclic amines) is 1. The first-order chi connectivity index (χ1) is 17.0. The minimum absolute atomic E-state index is 0.0362. The van der Waals surface area contributed by atoms with Gasteiger partial charge in [-0.2, -0.15) is 5.01 Å². The van der Waals surface area contributed by atoms with Crippen molar-refractivity contribution < 1.29 is 13.9 Å². The van der Waals surface area contributed by atoms with Crippen LogP contribution in [0, 0.1) is 5.82 Å². The molecule has 180 valence electrons. The van der Waals surface area contributed by atoms with Gasteiger partial charge in [0.05, 0.1) is 18.8 Å². The average Bonchev–Trinajstić information content (AvgIpc) is 3.34. The van der Waals surface area contributed by atoms with Gasteiger partial charge in [-0.15, -0.1) is 0 Å². The standard InChI is InChI=1S/C28H27BrFN3O2/c1-34-26-16-21(29)15-23-25-17-24(20-7-9-22(30)10-8-20)31-33(25)28(35-27(23)26)11-13-32(14-12-28)18-19-5-3-2-4-6-19/h2-10,15-17,25,31H,11-14,18H2,1H3. The smallest absolute Gasteiger partial charge is 0.183 e. The van der Waals surface area contributed by atoms with Crippen LogP contribution < -0.4 is 14.9 Å². The highest BCUT2D eigenvalue weighted by atomic mass is 79.9. The lowest BCUT2D eigenvalue weighted by molar-refractivity contribution is -0.161. The Kier molecular flexibility index (Phi) is 5.79. The molecule has 1 N–H and O–H groups in total. The zero-order valence-electron chi connectivity index (χ0n) is 19.5. The normalized spacial score (nSPS) is 21.0. The van der Waals surface area contributed by atoms with Crippen molar-refractivity contribution in [3.63, 3.8) is 0 Å². The SMILES string of the molecule is COc1cc(Br)cc2c1OC1(CCN(Cc3ccccc3)CC1)N1NC(c3ccc(F)cc3)=CC21. The molecule has 6 rings (SSSR count). The minimum atomic E-state index is -0.524. The van der Waals surface area contributed by atoms with E-state index in [1.165, 1.54) is 17.7 Å². The third-order valence-electron chi connectivity index (χ3n) is 7.20. The number of benzene rings is 3. The van der Waals surface area contributed by atoms with E-state index in [1.54, 1.807) is 7.11 Å². The van der Waals surface area contributed by atoms with E-state index in [2.05, 4.69) is 73.7 Å². The number of rotatable bonds is 4. The van der Waals surface area contributed by atoms with Gasteiger partial charge in [-0.3, -0.25) is 4.90 Å². The molecule has 0 aliphatic carbocycles. The molecule has 0 aromatic heterocycles. The van der Waals surface area contributed by atoms with Gasteiger partial charge in [0.25, 0.3) is 0 Å². The van der Waals surface area contributed by atoms with Crippen LogP contribution in [0.25, 0.3) is 5.70 Å². The number of hydrogen-bond donors (Lipinski definition) is 1. The third-order valence-corrected chi connectivity index (χ3v) is 7.66. The lowest BCUT2D eigenvalue weighted by Gasteiger charge is -2.52. The molecule has 5 nitrogen and oxygen atoms in total. The van der Waals surface area contributed by atoms with Gasteiger partial charge in [0.15, 0.2) is 17.2 Å². The number of halogens is 2. The van der Waals surface area contributed by atoms with Crippen LogP contribution in [-0.4, -0.2) is 35.8 Å². The molecule has 1 spiro atoms. The predicted molar refractivity (Wildman–Crippen MR) is 137 cm³/mol. The summed E-state index contributed by atoms with van der Waals surface area (Å²) in [6.45, 7) is 2.76. The van der Waals surface area contributed by atoms with Crippen molar-refractivity contribution in [1.82, 2.24) is 15.3 Å². The van der Waals surface area contributed by atoms with Crippen LogP contribution in [0.1, 0.15) is 35.6 Å². The van der Waals surface area contributed by atoms with E-state index in [9.17, 15) is 4.39 Å². The molecular weight excluding hydrogens is 509 g/mol. The first kappa shape index (κ1) is 22.6. The Morgan fingerprint density at radius 2 is 1.83 bits per heavy atom. The van der Waals surface area contributed by atoms with Gasteiger partial charge in [0, 0.05) is 42.5 Å². The zero-order valence-corrected chi connectivity index (χ0v) is 21.1. The van der Waals surface area contributed by atoms with Crippen molar-refractivity contribution in [2.75, 3.05) is 20.2 Å². The van der Waals surface area contributed by atoms with Crippen LogP contribution in [0.15, 0.2) is 77.3 Å². The minimum Gasteiger partial charge on any atom is -0.493 e. The van der Waals surface area contributed by atoms with Crippen molar-refractivity contribution in [2.45, 2.75) is 31.2 Å². The lowest BCUT2D eigenvalue weighted by atomic mass is 9.92. The maximum absolute atomic E-state index is 13.6. The summed E-state index contributed by atoms with van der Waals surface area (Å²) in [6.07, 6.45) is 3.89. The lowest BCUT2D eigenvalue weighted by Crippen LogP contribution is -2.63. The number of methoxy groups -OCH3 is 1. The molecule has 3 aliphatic rings. The highest BCUT2D eigenvalue weighted by Gasteiger charge is 2.52. The van der Waals surface area contributed by atoms with Gasteiger partial charge in [-0.25, -0.2) is 4.39 Å². The Hall–Kier alpha value is -2.87. The summed E-state index contributed by atoms with van der Waals surface area (Å²) in [4.78, 5) is 2.48. The van der Waals surface area contributed by atoms with E-state index in [1.807, 2.05) is 18.2 Å². The second-order valence-corrected chi connectivity index (χ2v) is 10.3. The summed E-state index contributed by atoms with van der Waals surface area (Å²) in [6, 6.07) is 21.2. The van der Waals surface area contributed by atoms with Gasteiger partial charge < -0.3 is 14.9 Å². The topological polar surface area (TPSA) is 37.0 Å². The van der Waals surface area contributed by atoms with Crippen LogP contribution in [-0.2, 0) is 6.54 Å². The monoisotopic (exact) mass is 535 g/mol. The fraction of sp³-hybridized carbons (Fsp3) is 0.286. The molecule has 1 unspecified atom stereocenters. The molecule has 0 amide bonds. The van der Waals surface area contributed by atoms with Crippen LogP contribution in [0.3, 0.4) is 0 Å². The van der Waals surface area contributed by atoms with E-state index in [0.29, 0.717) is 0 Å². The summed E-state index contributed by atoms with van der Waals surface area (Å²) in [5.74, 6) is 1.28. The van der Waals surface area contributed by atoms with E-state index >= 15 is 0 Å². The average molecular weight is 536 g/mol. The molecule has 3 aromatic carbocycles. The molecule has 3 aromatic rings. The quantitative estimate of drug-likeness (QED) is 0.451. The molecule has 35 heavy (non-hydrogen) atoms. The maximum Gasteiger partial charge on any atom is 0.183 e. The Morgan fingerprint density at radius 3 is 2.54 bits per heavy atom. The summed E-state index contributed by atoms with van der Waals surface area (Å²) in [5.41, 5.74) is 7.36. The largest absolute Gasteiger partial charge is 0.493 e. The molecule has 3 aliphatic heterocycles. The summed E-state index contributed by atoms with van der Waals surface area (Å²) in [7, 11) is 1.68. The van der Waals surface area contributed by atoms with E-state index in [-0.39, 0.29) is 11.9 Å². The fourth-order valence-corrected chi connectivity index (χ4v) is 5.85. The second kappa shape index (κ2) is 8.97. The highest BCUT2D eigenvalue weighted by Crippen LogP contribution is 2.52. The first-order valence-corrected chi connectivity index (χ1v) is 12.7. The van der Waals surface area contributed by atoms with Gasteiger partial charge in [0.2, 0.25) is 0 Å². The Morgan fingerprint density at radius 1 is 1.09 bits per heavy atom. The highest BCUT2D eigenvalue weighted by molar-refractivity contribution is 9.10. The number of nitrogens with zero attached hydrogens (tertiary/aromatic N) is 2. The van der Waals surface area contributed by atoms with Crippen molar-refractivity contribution in [3.05, 3.63) is 99.8 Å². The van der Waals surface area contributed by atoms with E-state index in [0.717, 1.165) is 65.3 Å². The number of fused-ring (bicyclic) bond motifs is 4. The number of piperidine rings is 1. The van der Waals surface area contributed by atoms with Gasteiger partial charge in [-0.05, 0) is 53.6 Å². The molecule has 3 heterocycles. The summed E-state index contributed by atoms with van der Waals surface area (Å²) >= 11 is 3.63. The third kappa shape index (κ3) is 4.11. The summed E-state index contributed by atoms with van der Waals surface area (Å²) < 4.78 is 27.1. The Balaban J connectivity index is 1.34. The number of ether oxygens (including phenoxy) is 2. The van der Waals surface area contributed by atoms with Crippen LogP contribution in [0.2, 0.25) is 0 Å². The molecule has 0 bridgehead atoms. The van der Waals surface area contributed by atoms with Crippen LogP contribution >= 0.6 is 15.9 Å². The van der Waals surface area contributed by atoms with Crippen LogP contribution in [0.4, 0.5) is 4.39 Å². The second-order valence-electron chi connectivity index (χ2n) is 9.35. The van der Waals surface area contributed by atoms with E-state index in [4.69, 9.17) is 9.47 Å². The first-order valence-electron chi connectivity index (χ1n) is 11.9. The van der Waals surface area contributed by atoms with Crippen molar-refractivity contribution >= 4 is 21.6 Å². The fourth-order valence-electron chi connectivity index (χ4n) is 5.40. The van der Waals surface area contributed by atoms with Gasteiger partial charge >= 0.3 is 0 Å². The molecule has 0 radical (unpaired) electrons. The maximum atomic E-state index is 13.6. The van der Waals surface area contributed by atoms with E-state index < -0.39 is 5.72 Å². The molecule has 0 saturated carbocycles. The molecular formula is C28H27BrFN3O2. The molecule has 1 atom stereocenters. The number of hydrogen-bond acceptors (Lipinski definition) is 5. The number of nitrogens with one attached hydrogen (secondary N) is 1. The number of hydrazine groups is 1. The van der Waals surface area contributed by atoms with Crippen molar-refractivity contribution in [2.24, 2.45) is 0 Å². The Bertz CT molecular complexity index is 1260. The zero-order chi connectivity index (χ0) is 24.0. The Labute approximate surface area is 213 Å². The molecule has 1 saturated heterocycles. The molecule has 1 fully saturated rings. The van der Waals surface area contributed by atoms with Crippen LogP contribution in [0.5, 0.6) is 11.5 Å². The summed E-state index contributed by atoms with van der Waals surface area (Å²) in [5, 5.41) is 2.25.